The lowest BCUT2D eigenvalue weighted by atomic mass is 9.50. The van der Waals surface area contributed by atoms with Crippen molar-refractivity contribution in [1.29, 1.82) is 0 Å². The third kappa shape index (κ3) is 2.11. The molecule has 5 atom stereocenters. The first kappa shape index (κ1) is 17.7. The van der Waals surface area contributed by atoms with Gasteiger partial charge in [-0.05, 0) is 103 Å². The molecule has 30 heavy (non-hydrogen) atoms. The summed E-state index contributed by atoms with van der Waals surface area (Å²) in [5.41, 5.74) is 6.37. The minimum absolute atomic E-state index is 0.387. The van der Waals surface area contributed by atoms with Crippen LogP contribution in [0, 0.1) is 22.2 Å². The molecule has 5 aliphatic rings. The second-order valence-corrected chi connectivity index (χ2v) is 11.2. The van der Waals surface area contributed by atoms with E-state index in [4.69, 9.17) is 0 Å². The van der Waals surface area contributed by atoms with Crippen LogP contribution in [0.4, 0.5) is 0 Å². The molecule has 1 N–H and O–H groups in total. The number of piperidine rings is 1. The molecule has 1 aromatic carbocycles. The highest BCUT2D eigenvalue weighted by Crippen LogP contribution is 2.73. The maximum atomic E-state index is 4.38. The molecule has 4 aliphatic carbocycles. The van der Waals surface area contributed by atoms with Gasteiger partial charge in [-0.3, -0.25) is 4.98 Å². The molecular weight excluding hydrogens is 364 g/mol. The van der Waals surface area contributed by atoms with Crippen molar-refractivity contribution in [1.82, 2.24) is 10.3 Å². The molecular formula is C28H32N2. The van der Waals surface area contributed by atoms with Crippen molar-refractivity contribution >= 4 is 10.8 Å². The Balaban J connectivity index is 1.32. The quantitative estimate of drug-likeness (QED) is 0.625. The highest BCUT2D eigenvalue weighted by atomic mass is 14.9. The molecule has 2 saturated carbocycles. The summed E-state index contributed by atoms with van der Waals surface area (Å²) >= 11 is 0. The molecule has 2 nitrogen and oxygen atoms in total. The lowest BCUT2D eigenvalue weighted by Crippen LogP contribution is -2.48. The van der Waals surface area contributed by atoms with Gasteiger partial charge in [-0.25, -0.2) is 0 Å². The molecule has 154 valence electrons. The van der Waals surface area contributed by atoms with Gasteiger partial charge in [0.1, 0.15) is 0 Å². The predicted molar refractivity (Wildman–Crippen MR) is 122 cm³/mol. The fourth-order valence-corrected chi connectivity index (χ4v) is 8.79. The van der Waals surface area contributed by atoms with Crippen LogP contribution in [0.1, 0.15) is 63.4 Å². The maximum Gasteiger partial charge on any atom is 0.0346 e. The van der Waals surface area contributed by atoms with Crippen LogP contribution in [-0.4, -0.2) is 18.1 Å². The van der Waals surface area contributed by atoms with E-state index in [0.717, 1.165) is 5.92 Å². The van der Waals surface area contributed by atoms with Gasteiger partial charge in [-0.2, -0.15) is 0 Å². The SMILES string of the molecule is C[C@]12CC=C3C=C4CCNC[C@]45CC[C@]3(C5)[C@@H]1CC[C@@H]2c1ccc2ccncc2c1. The largest absolute Gasteiger partial charge is 0.316 e. The summed E-state index contributed by atoms with van der Waals surface area (Å²) in [6.45, 7) is 5.03. The molecule has 0 unspecified atom stereocenters. The number of allylic oxidation sites excluding steroid dienone is 3. The van der Waals surface area contributed by atoms with Crippen LogP contribution in [0.15, 0.2) is 60.0 Å². The van der Waals surface area contributed by atoms with Crippen LogP contribution in [0.2, 0.25) is 0 Å². The van der Waals surface area contributed by atoms with Crippen molar-refractivity contribution in [2.45, 2.75) is 57.8 Å². The fourth-order valence-electron chi connectivity index (χ4n) is 8.79. The average molecular weight is 397 g/mol. The number of benzene rings is 1. The molecule has 2 bridgehead atoms. The van der Waals surface area contributed by atoms with E-state index in [1.54, 1.807) is 16.7 Å². The van der Waals surface area contributed by atoms with Gasteiger partial charge in [-0.1, -0.05) is 36.8 Å². The Bertz CT molecular complexity index is 1110. The van der Waals surface area contributed by atoms with Crippen molar-refractivity contribution in [3.63, 3.8) is 0 Å². The molecule has 2 spiro atoms. The van der Waals surface area contributed by atoms with E-state index in [-0.39, 0.29) is 0 Å². The normalized spacial score (nSPS) is 41.6. The minimum atomic E-state index is 0.387. The topological polar surface area (TPSA) is 24.9 Å². The van der Waals surface area contributed by atoms with Crippen molar-refractivity contribution in [3.8, 4) is 0 Å². The molecule has 1 aromatic heterocycles. The summed E-state index contributed by atoms with van der Waals surface area (Å²) < 4.78 is 0. The Morgan fingerprint density at radius 1 is 1.10 bits per heavy atom. The first-order valence-corrected chi connectivity index (χ1v) is 12.1. The summed E-state index contributed by atoms with van der Waals surface area (Å²) in [7, 11) is 0. The van der Waals surface area contributed by atoms with Crippen LogP contribution < -0.4 is 5.32 Å². The van der Waals surface area contributed by atoms with Crippen molar-refractivity contribution in [3.05, 3.63) is 65.5 Å². The highest BCUT2D eigenvalue weighted by molar-refractivity contribution is 5.82. The Morgan fingerprint density at radius 2 is 2.07 bits per heavy atom. The van der Waals surface area contributed by atoms with E-state index in [1.807, 2.05) is 12.4 Å². The van der Waals surface area contributed by atoms with Gasteiger partial charge in [0.25, 0.3) is 0 Å². The van der Waals surface area contributed by atoms with Crippen LogP contribution in [0.3, 0.4) is 0 Å². The second kappa shape index (κ2) is 5.85. The molecule has 2 heteroatoms. The summed E-state index contributed by atoms with van der Waals surface area (Å²) in [5.74, 6) is 1.50. The fraction of sp³-hybridized carbons (Fsp3) is 0.536. The van der Waals surface area contributed by atoms with E-state index in [1.165, 1.54) is 68.8 Å². The number of hydrogen-bond donors (Lipinski definition) is 1. The van der Waals surface area contributed by atoms with E-state index >= 15 is 0 Å². The Labute approximate surface area is 179 Å². The highest BCUT2D eigenvalue weighted by Gasteiger charge is 2.64. The van der Waals surface area contributed by atoms with Gasteiger partial charge < -0.3 is 5.32 Å². The molecule has 0 radical (unpaired) electrons. The Morgan fingerprint density at radius 3 is 3.03 bits per heavy atom. The molecule has 2 aromatic rings. The Hall–Kier alpha value is -1.93. The van der Waals surface area contributed by atoms with Crippen molar-refractivity contribution < 1.29 is 0 Å². The number of pyridine rings is 1. The molecule has 3 fully saturated rings. The van der Waals surface area contributed by atoms with Gasteiger partial charge in [0.05, 0.1) is 0 Å². The summed E-state index contributed by atoms with van der Waals surface area (Å²) in [5, 5.41) is 6.36. The van der Waals surface area contributed by atoms with Crippen LogP contribution in [-0.2, 0) is 0 Å². The van der Waals surface area contributed by atoms with Gasteiger partial charge in [-0.15, -0.1) is 0 Å². The minimum Gasteiger partial charge on any atom is -0.316 e. The van der Waals surface area contributed by atoms with Crippen molar-refractivity contribution in [2.75, 3.05) is 13.1 Å². The van der Waals surface area contributed by atoms with E-state index in [2.05, 4.69) is 53.6 Å². The molecule has 7 rings (SSSR count). The van der Waals surface area contributed by atoms with E-state index in [0.29, 0.717) is 22.2 Å². The first-order valence-electron chi connectivity index (χ1n) is 12.1. The maximum absolute atomic E-state index is 4.38. The molecule has 0 amide bonds. The van der Waals surface area contributed by atoms with Gasteiger partial charge in [0.2, 0.25) is 0 Å². The zero-order valence-electron chi connectivity index (χ0n) is 18.1. The number of hydrogen-bond acceptors (Lipinski definition) is 2. The molecule has 1 saturated heterocycles. The number of aromatic nitrogens is 1. The average Bonchev–Trinajstić information content (AvgIpc) is 3.29. The summed E-state index contributed by atoms with van der Waals surface area (Å²) in [6, 6.07) is 9.31. The van der Waals surface area contributed by atoms with E-state index in [9.17, 15) is 0 Å². The standard InChI is InChI=1S/C28H32N2/c1-26-9-6-23-15-22-8-13-30-18-27(22)10-11-28(23,17-27)25(26)5-4-24(26)20-3-2-19-7-12-29-16-21(19)14-20/h2-3,6-7,12,14-16,24-25,30H,4-5,8-11,13,17-18H2,1H3/t24-,25-,26-,27-,28-/m1/s1. The van der Waals surface area contributed by atoms with Gasteiger partial charge in [0.15, 0.2) is 0 Å². The zero-order chi connectivity index (χ0) is 20.0. The second-order valence-electron chi connectivity index (χ2n) is 11.2. The third-order valence-electron chi connectivity index (χ3n) is 10.2. The van der Waals surface area contributed by atoms with Crippen LogP contribution in [0.25, 0.3) is 10.8 Å². The van der Waals surface area contributed by atoms with Gasteiger partial charge >= 0.3 is 0 Å². The summed E-state index contributed by atoms with van der Waals surface area (Å²) in [6.07, 6.45) is 18.8. The lowest BCUT2D eigenvalue weighted by molar-refractivity contribution is 0.0577. The lowest BCUT2D eigenvalue weighted by Gasteiger charge is -2.54. The number of nitrogens with zero attached hydrogens (tertiary/aromatic N) is 1. The number of fused-ring (bicyclic) bond motifs is 2. The van der Waals surface area contributed by atoms with Gasteiger partial charge in [0, 0.05) is 29.7 Å². The predicted octanol–water partition coefficient (Wildman–Crippen LogP) is 6.15. The van der Waals surface area contributed by atoms with Crippen molar-refractivity contribution in [2.24, 2.45) is 22.2 Å². The summed E-state index contributed by atoms with van der Waals surface area (Å²) in [4.78, 5) is 4.38. The monoisotopic (exact) mass is 396 g/mol. The molecule has 2 heterocycles. The Kier molecular flexibility index (Phi) is 3.46. The smallest absolute Gasteiger partial charge is 0.0346 e. The molecule has 1 aliphatic heterocycles. The van der Waals surface area contributed by atoms with Crippen LogP contribution >= 0.6 is 0 Å². The number of nitrogens with one attached hydrogen (secondary N) is 1. The van der Waals surface area contributed by atoms with Crippen LogP contribution in [0.5, 0.6) is 0 Å². The zero-order valence-corrected chi connectivity index (χ0v) is 18.1. The van der Waals surface area contributed by atoms with E-state index < -0.39 is 0 Å². The first-order chi connectivity index (χ1) is 14.6. The third-order valence-corrected chi connectivity index (χ3v) is 10.2. The number of rotatable bonds is 1.